The van der Waals surface area contributed by atoms with Crippen molar-refractivity contribution in [1.82, 2.24) is 4.90 Å². The van der Waals surface area contributed by atoms with Gasteiger partial charge in [0.05, 0.1) is 6.04 Å². The van der Waals surface area contributed by atoms with Crippen LogP contribution in [0.4, 0.5) is 14.9 Å². The van der Waals surface area contributed by atoms with E-state index in [2.05, 4.69) is 11.4 Å². The molecule has 5 heteroatoms. The predicted molar refractivity (Wildman–Crippen MR) is 111 cm³/mol. The summed E-state index contributed by atoms with van der Waals surface area (Å²) < 4.78 is 13.5. The van der Waals surface area contributed by atoms with Crippen molar-refractivity contribution >= 4 is 17.5 Å². The molecule has 0 radical (unpaired) electrons. The second kappa shape index (κ2) is 7.87. The molecule has 0 saturated heterocycles. The zero-order valence-corrected chi connectivity index (χ0v) is 16.1. The SMILES string of the molecule is CC(=O)c1ccc(NC(=O)N2CCc3ccccc3C2c2ccc(F)cc2)cc1. The fourth-order valence-corrected chi connectivity index (χ4v) is 3.77. The molecule has 29 heavy (non-hydrogen) atoms. The number of carbonyl (C=O) groups excluding carboxylic acids is 2. The van der Waals surface area contributed by atoms with Crippen molar-refractivity contribution in [2.45, 2.75) is 19.4 Å². The summed E-state index contributed by atoms with van der Waals surface area (Å²) >= 11 is 0. The molecule has 0 bridgehead atoms. The molecule has 0 aromatic heterocycles. The van der Waals surface area contributed by atoms with Gasteiger partial charge in [0, 0.05) is 17.8 Å². The van der Waals surface area contributed by atoms with Crippen LogP contribution in [0, 0.1) is 5.82 Å². The number of ketones is 1. The van der Waals surface area contributed by atoms with Crippen molar-refractivity contribution in [1.29, 1.82) is 0 Å². The van der Waals surface area contributed by atoms with E-state index in [4.69, 9.17) is 0 Å². The molecule has 2 amide bonds. The summed E-state index contributed by atoms with van der Waals surface area (Å²) in [5.41, 5.74) is 4.32. The molecule has 146 valence electrons. The number of Topliss-reactive ketones (excluding diaryl/α,β-unsaturated/α-hetero) is 1. The smallest absolute Gasteiger partial charge is 0.313 e. The molecule has 3 aromatic carbocycles. The molecule has 1 N–H and O–H groups in total. The van der Waals surface area contributed by atoms with Crippen molar-refractivity contribution in [2.24, 2.45) is 0 Å². The highest BCUT2D eigenvalue weighted by Crippen LogP contribution is 2.35. The number of amides is 2. The molecule has 1 unspecified atom stereocenters. The Hall–Kier alpha value is -3.47. The van der Waals surface area contributed by atoms with Gasteiger partial charge < -0.3 is 10.2 Å². The number of urea groups is 1. The first-order valence-corrected chi connectivity index (χ1v) is 9.55. The van der Waals surface area contributed by atoms with Crippen LogP contribution in [-0.2, 0) is 6.42 Å². The normalized spacial score (nSPS) is 15.5. The Morgan fingerprint density at radius 1 is 0.966 bits per heavy atom. The van der Waals surface area contributed by atoms with Crippen molar-refractivity contribution in [3.8, 4) is 0 Å². The molecule has 0 saturated carbocycles. The predicted octanol–water partition coefficient (Wildman–Crippen LogP) is 5.21. The minimum atomic E-state index is -0.306. The van der Waals surface area contributed by atoms with Gasteiger partial charge in [0.25, 0.3) is 0 Å². The van der Waals surface area contributed by atoms with Crippen LogP contribution < -0.4 is 5.32 Å². The van der Waals surface area contributed by atoms with Crippen molar-refractivity contribution < 1.29 is 14.0 Å². The summed E-state index contributed by atoms with van der Waals surface area (Å²) in [5.74, 6) is -0.328. The van der Waals surface area contributed by atoms with Gasteiger partial charge in [-0.2, -0.15) is 0 Å². The molecule has 0 fully saturated rings. The van der Waals surface area contributed by atoms with Gasteiger partial charge in [-0.3, -0.25) is 4.79 Å². The summed E-state index contributed by atoms with van der Waals surface area (Å²) in [5, 5.41) is 2.92. The third kappa shape index (κ3) is 3.90. The maximum atomic E-state index is 13.5. The van der Waals surface area contributed by atoms with Crippen molar-refractivity contribution in [3.63, 3.8) is 0 Å². The quantitative estimate of drug-likeness (QED) is 0.627. The maximum Gasteiger partial charge on any atom is 0.322 e. The molecule has 0 aliphatic carbocycles. The van der Waals surface area contributed by atoms with Crippen LogP contribution in [0.2, 0.25) is 0 Å². The molecule has 1 aliphatic heterocycles. The Balaban J connectivity index is 1.64. The fraction of sp³-hybridized carbons (Fsp3) is 0.167. The Labute approximate surface area is 169 Å². The van der Waals surface area contributed by atoms with Gasteiger partial charge in [-0.25, -0.2) is 9.18 Å². The van der Waals surface area contributed by atoms with Crippen LogP contribution >= 0.6 is 0 Å². The number of nitrogens with zero attached hydrogens (tertiary/aromatic N) is 1. The molecular weight excluding hydrogens is 367 g/mol. The summed E-state index contributed by atoms with van der Waals surface area (Å²) in [6.45, 7) is 2.06. The molecule has 1 aliphatic rings. The highest BCUT2D eigenvalue weighted by atomic mass is 19.1. The number of anilines is 1. The lowest BCUT2D eigenvalue weighted by Crippen LogP contribution is -2.43. The molecule has 4 rings (SSSR count). The van der Waals surface area contributed by atoms with E-state index < -0.39 is 0 Å². The summed E-state index contributed by atoms with van der Waals surface area (Å²) in [7, 11) is 0. The minimum absolute atomic E-state index is 0.0214. The van der Waals surface area contributed by atoms with Crippen LogP contribution in [0.3, 0.4) is 0 Å². The number of hydrogen-bond acceptors (Lipinski definition) is 2. The summed E-state index contributed by atoms with van der Waals surface area (Å²) in [4.78, 5) is 26.3. The summed E-state index contributed by atoms with van der Waals surface area (Å²) in [6.07, 6.45) is 0.755. The number of hydrogen-bond donors (Lipinski definition) is 1. The third-order valence-electron chi connectivity index (χ3n) is 5.27. The average molecular weight is 388 g/mol. The lowest BCUT2D eigenvalue weighted by atomic mass is 9.88. The van der Waals surface area contributed by atoms with Gasteiger partial charge in [0.1, 0.15) is 5.82 Å². The maximum absolute atomic E-state index is 13.5. The van der Waals surface area contributed by atoms with Gasteiger partial charge in [-0.15, -0.1) is 0 Å². The van der Waals surface area contributed by atoms with Crippen molar-refractivity contribution in [2.75, 3.05) is 11.9 Å². The molecule has 1 atom stereocenters. The van der Waals surface area contributed by atoms with E-state index in [-0.39, 0.29) is 23.7 Å². The number of nitrogens with one attached hydrogen (secondary N) is 1. The lowest BCUT2D eigenvalue weighted by molar-refractivity contribution is 0.101. The van der Waals surface area contributed by atoms with E-state index in [1.807, 2.05) is 18.2 Å². The van der Waals surface area contributed by atoms with Gasteiger partial charge >= 0.3 is 6.03 Å². The number of fused-ring (bicyclic) bond motifs is 1. The standard InChI is InChI=1S/C24H21FN2O2/c1-16(28)17-8-12-21(13-9-17)26-24(29)27-15-14-18-4-2-3-5-22(18)23(27)19-6-10-20(25)11-7-19/h2-13,23H,14-15H2,1H3,(H,26,29). The molecular formula is C24H21FN2O2. The van der Waals surface area contributed by atoms with E-state index in [1.165, 1.54) is 24.6 Å². The zero-order valence-electron chi connectivity index (χ0n) is 16.1. The monoisotopic (exact) mass is 388 g/mol. The summed E-state index contributed by atoms with van der Waals surface area (Å²) in [6, 6.07) is 20.6. The van der Waals surface area contributed by atoms with E-state index in [9.17, 15) is 14.0 Å². The van der Waals surface area contributed by atoms with E-state index >= 15 is 0 Å². The highest BCUT2D eigenvalue weighted by Gasteiger charge is 2.32. The van der Waals surface area contributed by atoms with Crippen LogP contribution in [0.25, 0.3) is 0 Å². The molecule has 0 spiro atoms. The fourth-order valence-electron chi connectivity index (χ4n) is 3.77. The number of benzene rings is 3. The number of halogens is 1. The van der Waals surface area contributed by atoms with Crippen LogP contribution in [-0.4, -0.2) is 23.3 Å². The van der Waals surface area contributed by atoms with Gasteiger partial charge in [0.2, 0.25) is 0 Å². The first-order chi connectivity index (χ1) is 14.0. The first kappa shape index (κ1) is 18.9. The van der Waals surface area contributed by atoms with E-state index in [0.29, 0.717) is 17.8 Å². The third-order valence-corrected chi connectivity index (χ3v) is 5.27. The Morgan fingerprint density at radius 3 is 2.34 bits per heavy atom. The Bertz CT molecular complexity index is 1050. The number of carbonyl (C=O) groups is 2. The van der Waals surface area contributed by atoms with Gasteiger partial charge in [0.15, 0.2) is 5.78 Å². The topological polar surface area (TPSA) is 49.4 Å². The number of rotatable bonds is 3. The van der Waals surface area contributed by atoms with E-state index in [0.717, 1.165) is 17.5 Å². The van der Waals surface area contributed by atoms with Crippen LogP contribution in [0.1, 0.15) is 40.0 Å². The zero-order chi connectivity index (χ0) is 20.4. The molecule has 4 nitrogen and oxygen atoms in total. The molecule has 1 heterocycles. The van der Waals surface area contributed by atoms with Gasteiger partial charge in [-0.1, -0.05) is 36.4 Å². The first-order valence-electron chi connectivity index (χ1n) is 9.55. The van der Waals surface area contributed by atoms with E-state index in [1.54, 1.807) is 41.3 Å². The van der Waals surface area contributed by atoms with Crippen molar-refractivity contribution in [3.05, 3.63) is 101 Å². The largest absolute Gasteiger partial charge is 0.322 e. The molecule has 3 aromatic rings. The Morgan fingerprint density at radius 2 is 1.66 bits per heavy atom. The second-order valence-corrected chi connectivity index (χ2v) is 7.16. The lowest BCUT2D eigenvalue weighted by Gasteiger charge is -2.37. The average Bonchev–Trinajstić information content (AvgIpc) is 2.74. The van der Waals surface area contributed by atoms with Crippen LogP contribution in [0.15, 0.2) is 72.8 Å². The minimum Gasteiger partial charge on any atom is -0.313 e. The second-order valence-electron chi connectivity index (χ2n) is 7.16. The highest BCUT2D eigenvalue weighted by molar-refractivity contribution is 5.95. The van der Waals surface area contributed by atoms with Crippen LogP contribution in [0.5, 0.6) is 0 Å². The Kier molecular flexibility index (Phi) is 5.12. The van der Waals surface area contributed by atoms with Gasteiger partial charge in [-0.05, 0) is 66.4 Å².